The molecule has 0 saturated heterocycles. The molecule has 0 fully saturated rings. The van der Waals surface area contributed by atoms with Gasteiger partial charge in [-0.3, -0.25) is 0 Å². The summed E-state index contributed by atoms with van der Waals surface area (Å²) in [6.07, 6.45) is 0.411. The van der Waals surface area contributed by atoms with Crippen molar-refractivity contribution in [2.75, 3.05) is 6.61 Å². The molecule has 0 heterocycles. The molecule has 0 aliphatic carbocycles. The molecule has 0 saturated carbocycles. The Balaban J connectivity index is 3.02. The average molecular weight is 275 g/mol. The van der Waals surface area contributed by atoms with Gasteiger partial charge in [0.05, 0.1) is 11.5 Å². The molecule has 4 nitrogen and oxygen atoms in total. The second-order valence-corrected chi connectivity index (χ2v) is 5.93. The molecule has 1 aromatic carbocycles. The number of alkyl halides is 1. The van der Waals surface area contributed by atoms with Crippen LogP contribution in [-0.2, 0) is 10.0 Å². The van der Waals surface area contributed by atoms with Crippen molar-refractivity contribution >= 4 is 10.0 Å². The van der Waals surface area contributed by atoms with E-state index in [0.717, 1.165) is 0 Å². The first-order valence-electron chi connectivity index (χ1n) is 5.74. The fourth-order valence-electron chi connectivity index (χ4n) is 1.49. The number of hydrogen-bond acceptors (Lipinski definition) is 3. The predicted molar refractivity (Wildman–Crippen MR) is 67.1 cm³/mol. The van der Waals surface area contributed by atoms with E-state index in [1.807, 2.05) is 4.72 Å². The molecule has 0 radical (unpaired) electrons. The van der Waals surface area contributed by atoms with Crippen LogP contribution in [0.3, 0.4) is 0 Å². The first kappa shape index (κ1) is 15.1. The van der Waals surface area contributed by atoms with Gasteiger partial charge in [-0.1, -0.05) is 32.0 Å². The van der Waals surface area contributed by atoms with Crippen LogP contribution in [0.5, 0.6) is 0 Å². The zero-order valence-corrected chi connectivity index (χ0v) is 11.2. The average Bonchev–Trinajstić information content (AvgIpc) is 2.38. The predicted octanol–water partition coefficient (Wildman–Crippen LogP) is 1.67. The molecule has 0 amide bonds. The summed E-state index contributed by atoms with van der Waals surface area (Å²) in [5.74, 6) is -2.97. The smallest absolute Gasteiger partial charge is 0.243 e. The second-order valence-electron chi connectivity index (χ2n) is 4.25. The van der Waals surface area contributed by atoms with Gasteiger partial charge >= 0.3 is 0 Å². The lowest BCUT2D eigenvalue weighted by Crippen LogP contribution is -2.52. The van der Waals surface area contributed by atoms with Crippen molar-refractivity contribution in [3.63, 3.8) is 0 Å². The van der Waals surface area contributed by atoms with Gasteiger partial charge in [0.25, 0.3) is 0 Å². The maximum atomic E-state index is 14.4. The van der Waals surface area contributed by atoms with E-state index in [1.165, 1.54) is 12.1 Å². The molecule has 0 unspecified atom stereocenters. The molecule has 0 aliphatic rings. The van der Waals surface area contributed by atoms with E-state index in [4.69, 9.17) is 5.11 Å². The van der Waals surface area contributed by atoms with Crippen LogP contribution in [0.4, 0.5) is 4.39 Å². The summed E-state index contributed by atoms with van der Waals surface area (Å²) in [6.45, 7) is 2.38. The van der Waals surface area contributed by atoms with Gasteiger partial charge in [0.1, 0.15) is 0 Å². The summed E-state index contributed by atoms with van der Waals surface area (Å²) >= 11 is 0. The van der Waals surface area contributed by atoms with Crippen molar-refractivity contribution in [1.82, 2.24) is 4.72 Å². The highest BCUT2D eigenvalue weighted by molar-refractivity contribution is 7.89. The Bertz CT molecular complexity index is 477. The first-order chi connectivity index (χ1) is 8.35. The van der Waals surface area contributed by atoms with Crippen molar-refractivity contribution in [2.45, 2.75) is 31.0 Å². The van der Waals surface area contributed by atoms with Gasteiger partial charge in [-0.2, -0.15) is 4.72 Å². The molecule has 6 heteroatoms. The summed E-state index contributed by atoms with van der Waals surface area (Å²) in [5, 5.41) is 9.10. The summed E-state index contributed by atoms with van der Waals surface area (Å²) in [4.78, 5) is -0.0243. The zero-order chi connectivity index (χ0) is 13.8. The van der Waals surface area contributed by atoms with E-state index >= 15 is 0 Å². The van der Waals surface area contributed by atoms with Crippen LogP contribution in [0, 0.1) is 5.92 Å². The molecular weight excluding hydrogens is 257 g/mol. The SMILES string of the molecule is CC[C@H](C)[C@@](F)(CO)NS(=O)(=O)c1ccccc1. The third-order valence-electron chi connectivity index (χ3n) is 2.98. The Hall–Kier alpha value is -0.980. The van der Waals surface area contributed by atoms with E-state index < -0.39 is 28.3 Å². The fourth-order valence-corrected chi connectivity index (χ4v) is 2.84. The molecule has 0 spiro atoms. The third-order valence-corrected chi connectivity index (χ3v) is 4.48. The summed E-state index contributed by atoms with van der Waals surface area (Å²) < 4.78 is 40.2. The number of nitrogens with one attached hydrogen (secondary N) is 1. The monoisotopic (exact) mass is 275 g/mol. The molecule has 1 aromatic rings. The minimum Gasteiger partial charge on any atom is -0.392 e. The minimum absolute atomic E-state index is 0.0243. The standard InChI is InChI=1S/C12H18FNO3S/c1-3-10(2)12(13,9-15)14-18(16,17)11-7-5-4-6-8-11/h4-8,10,14-15H,3,9H2,1-2H3/t10-,12+/m0/s1. The molecule has 102 valence electrons. The van der Waals surface area contributed by atoms with Crippen molar-refractivity contribution in [2.24, 2.45) is 5.92 Å². The Morgan fingerprint density at radius 2 is 1.94 bits per heavy atom. The van der Waals surface area contributed by atoms with E-state index in [-0.39, 0.29) is 4.90 Å². The third kappa shape index (κ3) is 3.28. The Morgan fingerprint density at radius 1 is 1.39 bits per heavy atom. The number of benzene rings is 1. The summed E-state index contributed by atoms with van der Waals surface area (Å²) in [6, 6.07) is 7.52. The number of sulfonamides is 1. The zero-order valence-electron chi connectivity index (χ0n) is 10.4. The van der Waals surface area contributed by atoms with Gasteiger partial charge in [-0.25, -0.2) is 12.8 Å². The van der Waals surface area contributed by atoms with Crippen molar-refractivity contribution < 1.29 is 17.9 Å². The van der Waals surface area contributed by atoms with Crippen molar-refractivity contribution in [3.8, 4) is 0 Å². The molecular formula is C12H18FNO3S. The number of aliphatic hydroxyl groups is 1. The van der Waals surface area contributed by atoms with Crippen LogP contribution in [-0.4, -0.2) is 25.9 Å². The second kappa shape index (κ2) is 5.77. The largest absolute Gasteiger partial charge is 0.392 e. The highest BCUT2D eigenvalue weighted by Gasteiger charge is 2.39. The number of hydrogen-bond donors (Lipinski definition) is 2. The molecule has 2 atom stereocenters. The van der Waals surface area contributed by atoms with Crippen LogP contribution < -0.4 is 4.72 Å². The fraction of sp³-hybridized carbons (Fsp3) is 0.500. The van der Waals surface area contributed by atoms with Crippen LogP contribution in [0.15, 0.2) is 35.2 Å². The highest BCUT2D eigenvalue weighted by Crippen LogP contribution is 2.24. The topological polar surface area (TPSA) is 66.4 Å². The number of halogens is 1. The lowest BCUT2D eigenvalue weighted by Gasteiger charge is -2.29. The Kier molecular flexibility index (Phi) is 4.84. The first-order valence-corrected chi connectivity index (χ1v) is 7.23. The quantitative estimate of drug-likeness (QED) is 0.776. The molecule has 18 heavy (non-hydrogen) atoms. The molecule has 0 bridgehead atoms. The minimum atomic E-state index is -3.97. The van der Waals surface area contributed by atoms with Crippen LogP contribution in [0.2, 0.25) is 0 Å². The van der Waals surface area contributed by atoms with Gasteiger partial charge in [-0.05, 0) is 18.6 Å². The molecule has 0 aliphatic heterocycles. The maximum Gasteiger partial charge on any atom is 0.243 e. The van der Waals surface area contributed by atoms with E-state index in [1.54, 1.807) is 32.0 Å². The van der Waals surface area contributed by atoms with E-state index in [2.05, 4.69) is 0 Å². The van der Waals surface area contributed by atoms with Gasteiger partial charge in [0.15, 0.2) is 5.79 Å². The lowest BCUT2D eigenvalue weighted by atomic mass is 9.98. The van der Waals surface area contributed by atoms with E-state index in [0.29, 0.717) is 6.42 Å². The van der Waals surface area contributed by atoms with Gasteiger partial charge in [0, 0.05) is 5.92 Å². The molecule has 2 N–H and O–H groups in total. The number of rotatable bonds is 6. The van der Waals surface area contributed by atoms with Gasteiger partial charge in [0.2, 0.25) is 10.0 Å². The van der Waals surface area contributed by atoms with Gasteiger partial charge in [-0.15, -0.1) is 0 Å². The van der Waals surface area contributed by atoms with Crippen molar-refractivity contribution in [1.29, 1.82) is 0 Å². The molecule has 0 aromatic heterocycles. The normalized spacial score (nSPS) is 17.1. The number of aliphatic hydroxyl groups excluding tert-OH is 1. The Morgan fingerprint density at radius 3 is 2.39 bits per heavy atom. The van der Waals surface area contributed by atoms with Crippen LogP contribution in [0.25, 0.3) is 0 Å². The summed E-state index contributed by atoms with van der Waals surface area (Å²) in [7, 11) is -3.97. The van der Waals surface area contributed by atoms with Crippen LogP contribution in [0.1, 0.15) is 20.3 Å². The van der Waals surface area contributed by atoms with Crippen molar-refractivity contribution in [3.05, 3.63) is 30.3 Å². The maximum absolute atomic E-state index is 14.4. The summed E-state index contributed by atoms with van der Waals surface area (Å²) in [5.41, 5.74) is 0. The van der Waals surface area contributed by atoms with Crippen LogP contribution >= 0.6 is 0 Å². The lowest BCUT2D eigenvalue weighted by molar-refractivity contribution is 0.0106. The van der Waals surface area contributed by atoms with Gasteiger partial charge < -0.3 is 5.11 Å². The molecule has 1 rings (SSSR count). The highest BCUT2D eigenvalue weighted by atomic mass is 32.2. The van der Waals surface area contributed by atoms with E-state index in [9.17, 15) is 12.8 Å². The Labute approximate surface area is 107 Å².